The van der Waals surface area contributed by atoms with Crippen molar-refractivity contribution in [3.05, 3.63) is 12.2 Å². The molecule has 0 aromatic carbocycles. The van der Waals surface area contributed by atoms with Crippen LogP contribution < -0.4 is 0 Å². The summed E-state index contributed by atoms with van der Waals surface area (Å²) in [6.07, 6.45) is 42.0. The van der Waals surface area contributed by atoms with E-state index in [1.165, 1.54) is 148 Å². The van der Waals surface area contributed by atoms with Crippen molar-refractivity contribution < 1.29 is 9.90 Å². The predicted octanol–water partition coefficient (Wildman–Crippen LogP) is 11.6. The molecule has 0 aliphatic carbocycles. The van der Waals surface area contributed by atoms with E-state index in [-0.39, 0.29) is 0 Å². The molecule has 0 heterocycles. The molecule has 0 aliphatic heterocycles. The molecule has 0 aliphatic rings. The van der Waals surface area contributed by atoms with Gasteiger partial charge in [0.25, 0.3) is 0 Å². The highest BCUT2D eigenvalue weighted by Gasteiger charge is 1.97. The number of unbranched alkanes of at least 4 members (excludes halogenated alkanes) is 25. The van der Waals surface area contributed by atoms with Gasteiger partial charge in [-0.15, -0.1) is 0 Å². The predicted molar refractivity (Wildman–Crippen MR) is 152 cm³/mol. The summed E-state index contributed by atoms with van der Waals surface area (Å²) in [5, 5.41) is 8.60. The first-order valence-electron chi connectivity index (χ1n) is 15.6. The zero-order valence-corrected chi connectivity index (χ0v) is 23.3. The summed E-state index contributed by atoms with van der Waals surface area (Å²) >= 11 is 0. The van der Waals surface area contributed by atoms with Crippen LogP contribution in [0.2, 0.25) is 0 Å². The molecule has 0 aromatic rings. The Hall–Kier alpha value is -0.790. The first-order valence-corrected chi connectivity index (χ1v) is 15.6. The van der Waals surface area contributed by atoms with Gasteiger partial charge in [0.2, 0.25) is 0 Å². The lowest BCUT2D eigenvalue weighted by molar-refractivity contribution is -0.137. The summed E-state index contributed by atoms with van der Waals surface area (Å²) in [6.45, 7) is 2.30. The topological polar surface area (TPSA) is 37.3 Å². The van der Waals surface area contributed by atoms with E-state index in [2.05, 4.69) is 19.1 Å². The van der Waals surface area contributed by atoms with Crippen LogP contribution in [0.25, 0.3) is 0 Å². The average Bonchev–Trinajstić information content (AvgIpc) is 2.83. The number of hydrogen-bond donors (Lipinski definition) is 1. The van der Waals surface area contributed by atoms with Gasteiger partial charge in [0.15, 0.2) is 0 Å². The van der Waals surface area contributed by atoms with Crippen LogP contribution in [0.1, 0.15) is 187 Å². The fourth-order valence-electron chi connectivity index (χ4n) is 4.82. The summed E-state index contributed by atoms with van der Waals surface area (Å²) in [4.78, 5) is 10.4. The molecule has 2 nitrogen and oxygen atoms in total. The average molecular weight is 479 g/mol. The zero-order valence-electron chi connectivity index (χ0n) is 23.3. The Kier molecular flexibility index (Phi) is 29.5. The minimum atomic E-state index is -0.662. The van der Waals surface area contributed by atoms with Crippen LogP contribution >= 0.6 is 0 Å². The maximum Gasteiger partial charge on any atom is 0.303 e. The largest absolute Gasteiger partial charge is 0.481 e. The lowest BCUT2D eigenvalue weighted by Gasteiger charge is -2.04. The first-order chi connectivity index (χ1) is 16.8. The lowest BCUT2D eigenvalue weighted by atomic mass is 10.0. The Morgan fingerprint density at radius 2 is 0.706 bits per heavy atom. The number of aliphatic carboxylic acids is 1. The molecule has 34 heavy (non-hydrogen) atoms. The third-order valence-electron chi connectivity index (χ3n) is 7.15. The van der Waals surface area contributed by atoms with Crippen molar-refractivity contribution in [3.63, 3.8) is 0 Å². The van der Waals surface area contributed by atoms with Crippen LogP contribution in [0.4, 0.5) is 0 Å². The Balaban J connectivity index is 3.07. The van der Waals surface area contributed by atoms with Gasteiger partial charge in [0.1, 0.15) is 0 Å². The Bertz CT molecular complexity index is 415. The Labute approximate surface area is 214 Å². The molecule has 0 rings (SSSR count). The van der Waals surface area contributed by atoms with Gasteiger partial charge in [-0.05, 0) is 32.1 Å². The van der Waals surface area contributed by atoms with E-state index in [0.29, 0.717) is 6.42 Å². The molecule has 1 N–H and O–H groups in total. The molecule has 202 valence electrons. The number of carboxylic acids is 1. The summed E-state index contributed by atoms with van der Waals surface area (Å²) in [5.74, 6) is -0.662. The van der Waals surface area contributed by atoms with E-state index >= 15 is 0 Å². The number of hydrogen-bond acceptors (Lipinski definition) is 1. The van der Waals surface area contributed by atoms with Crippen molar-refractivity contribution in [1.29, 1.82) is 0 Å². The second kappa shape index (κ2) is 30.2. The van der Waals surface area contributed by atoms with Gasteiger partial charge in [-0.1, -0.05) is 160 Å². The van der Waals surface area contributed by atoms with Gasteiger partial charge < -0.3 is 5.11 Å². The van der Waals surface area contributed by atoms with Gasteiger partial charge in [0, 0.05) is 6.42 Å². The van der Waals surface area contributed by atoms with E-state index in [4.69, 9.17) is 5.11 Å². The molecule has 0 saturated carbocycles. The monoisotopic (exact) mass is 478 g/mol. The van der Waals surface area contributed by atoms with Crippen molar-refractivity contribution in [3.8, 4) is 0 Å². The highest BCUT2D eigenvalue weighted by molar-refractivity contribution is 5.66. The summed E-state index contributed by atoms with van der Waals surface area (Å²) in [5.41, 5.74) is 0. The third-order valence-corrected chi connectivity index (χ3v) is 7.15. The van der Waals surface area contributed by atoms with E-state index in [1.807, 2.05) is 0 Å². The molecule has 0 saturated heterocycles. The van der Waals surface area contributed by atoms with E-state index in [9.17, 15) is 4.79 Å². The lowest BCUT2D eigenvalue weighted by Crippen LogP contribution is -1.93. The summed E-state index contributed by atoms with van der Waals surface area (Å²) in [7, 11) is 0. The molecule has 0 bridgehead atoms. The fraction of sp³-hybridized carbons (Fsp3) is 0.906. The minimum Gasteiger partial charge on any atom is -0.481 e. The Morgan fingerprint density at radius 3 is 1.00 bits per heavy atom. The third kappa shape index (κ3) is 31.2. The maximum absolute atomic E-state index is 10.4. The van der Waals surface area contributed by atoms with E-state index in [1.54, 1.807) is 0 Å². The van der Waals surface area contributed by atoms with Gasteiger partial charge in [-0.25, -0.2) is 0 Å². The first kappa shape index (κ1) is 33.2. The van der Waals surface area contributed by atoms with Crippen molar-refractivity contribution >= 4 is 5.97 Å². The van der Waals surface area contributed by atoms with Gasteiger partial charge in [-0.2, -0.15) is 0 Å². The molecule has 0 fully saturated rings. The van der Waals surface area contributed by atoms with Crippen LogP contribution in [0.15, 0.2) is 12.2 Å². The minimum absolute atomic E-state index is 0.329. The standard InChI is InChI=1S/C32H62O2/c1-2-3-4-5-6-7-8-9-10-11-12-13-14-15-16-17-18-19-20-21-22-23-24-25-26-27-28-29-30-31-32(33)34/h24-25H,2-23,26-31H2,1H3,(H,33,34). The molecule has 0 unspecified atom stereocenters. The second-order valence-electron chi connectivity index (χ2n) is 10.7. The van der Waals surface area contributed by atoms with Crippen LogP contribution in [0.3, 0.4) is 0 Å². The number of allylic oxidation sites excluding steroid dienone is 2. The zero-order chi connectivity index (χ0) is 24.8. The molecule has 0 aromatic heterocycles. The molecular weight excluding hydrogens is 416 g/mol. The normalized spacial score (nSPS) is 11.6. The number of carboxylic acid groups (broad SMARTS) is 1. The smallest absolute Gasteiger partial charge is 0.303 e. The summed E-state index contributed by atoms with van der Waals surface area (Å²) < 4.78 is 0. The van der Waals surface area contributed by atoms with Crippen molar-refractivity contribution in [2.75, 3.05) is 0 Å². The summed E-state index contributed by atoms with van der Waals surface area (Å²) in [6, 6.07) is 0. The quantitative estimate of drug-likeness (QED) is 0.0857. The highest BCUT2D eigenvalue weighted by atomic mass is 16.4. The van der Waals surface area contributed by atoms with Crippen LogP contribution in [-0.2, 0) is 4.79 Å². The molecule has 2 heteroatoms. The molecule has 0 amide bonds. The number of carbonyl (C=O) groups is 1. The fourth-order valence-corrected chi connectivity index (χ4v) is 4.82. The highest BCUT2D eigenvalue weighted by Crippen LogP contribution is 2.15. The van der Waals surface area contributed by atoms with Gasteiger partial charge in [-0.3, -0.25) is 4.79 Å². The van der Waals surface area contributed by atoms with Crippen molar-refractivity contribution in [2.45, 2.75) is 187 Å². The van der Waals surface area contributed by atoms with Gasteiger partial charge >= 0.3 is 5.97 Å². The molecular formula is C32H62O2. The van der Waals surface area contributed by atoms with Crippen LogP contribution in [0, 0.1) is 0 Å². The molecule has 0 atom stereocenters. The van der Waals surface area contributed by atoms with E-state index < -0.39 is 5.97 Å². The van der Waals surface area contributed by atoms with Crippen molar-refractivity contribution in [1.82, 2.24) is 0 Å². The second-order valence-corrected chi connectivity index (χ2v) is 10.7. The van der Waals surface area contributed by atoms with Crippen molar-refractivity contribution in [2.24, 2.45) is 0 Å². The van der Waals surface area contributed by atoms with E-state index in [0.717, 1.165) is 25.7 Å². The maximum atomic E-state index is 10.4. The SMILES string of the molecule is CCCCCCCCCCCCCCCCCCCCCCCC=CCCCCCCC(=O)O. The molecule has 0 spiro atoms. The number of rotatable bonds is 29. The Morgan fingerprint density at radius 1 is 0.441 bits per heavy atom. The molecule has 0 radical (unpaired) electrons. The van der Waals surface area contributed by atoms with Crippen LogP contribution in [-0.4, -0.2) is 11.1 Å². The van der Waals surface area contributed by atoms with Gasteiger partial charge in [0.05, 0.1) is 0 Å². The van der Waals surface area contributed by atoms with Crippen LogP contribution in [0.5, 0.6) is 0 Å².